The van der Waals surface area contributed by atoms with Crippen LogP contribution >= 0.6 is 23.5 Å². The standard InChI is InChI=1S/C16H13NO2S2/c1-19-13-4-2-3-12(9-13)15(18)14(16-20-10-21-16)11-5-7-17-8-6-11/h2-9H,10H2,1H3. The molecule has 2 heterocycles. The summed E-state index contributed by atoms with van der Waals surface area (Å²) in [6, 6.07) is 11.0. The summed E-state index contributed by atoms with van der Waals surface area (Å²) in [7, 11) is 1.60. The monoisotopic (exact) mass is 315 g/mol. The van der Waals surface area contributed by atoms with Crippen molar-refractivity contribution in [1.29, 1.82) is 0 Å². The average Bonchev–Trinajstić information content (AvgIpc) is 2.51. The Morgan fingerprint density at radius 2 is 1.90 bits per heavy atom. The Morgan fingerprint density at radius 1 is 1.14 bits per heavy atom. The van der Waals surface area contributed by atoms with Crippen molar-refractivity contribution >= 4 is 34.9 Å². The van der Waals surface area contributed by atoms with E-state index in [0.29, 0.717) is 11.3 Å². The Balaban J connectivity index is 2.03. The highest BCUT2D eigenvalue weighted by atomic mass is 32.3. The summed E-state index contributed by atoms with van der Waals surface area (Å²) in [4.78, 5) is 16.9. The van der Waals surface area contributed by atoms with Crippen LogP contribution in [0.2, 0.25) is 0 Å². The molecule has 0 saturated carbocycles. The number of hydrogen-bond donors (Lipinski definition) is 0. The van der Waals surface area contributed by atoms with Crippen LogP contribution < -0.4 is 4.74 Å². The fraction of sp³-hybridized carbons (Fsp3) is 0.125. The summed E-state index contributed by atoms with van der Waals surface area (Å²) in [5, 5.41) is 0.995. The van der Waals surface area contributed by atoms with E-state index in [-0.39, 0.29) is 5.78 Å². The molecule has 1 aliphatic rings. The maximum atomic E-state index is 12.9. The van der Waals surface area contributed by atoms with Crippen molar-refractivity contribution in [2.45, 2.75) is 0 Å². The molecule has 5 heteroatoms. The number of hydrogen-bond acceptors (Lipinski definition) is 5. The molecule has 3 nitrogen and oxygen atoms in total. The molecular weight excluding hydrogens is 302 g/mol. The number of thioether (sulfide) groups is 2. The maximum absolute atomic E-state index is 12.9. The second-order valence-corrected chi connectivity index (χ2v) is 6.96. The van der Waals surface area contributed by atoms with E-state index in [4.69, 9.17) is 4.74 Å². The Bertz CT molecular complexity index is 692. The fourth-order valence-corrected chi connectivity index (χ4v) is 3.68. The van der Waals surface area contributed by atoms with Gasteiger partial charge >= 0.3 is 0 Å². The predicted molar refractivity (Wildman–Crippen MR) is 88.5 cm³/mol. The van der Waals surface area contributed by atoms with Gasteiger partial charge in [0.05, 0.1) is 11.3 Å². The van der Waals surface area contributed by atoms with E-state index in [1.807, 2.05) is 30.3 Å². The van der Waals surface area contributed by atoms with Crippen LogP contribution in [0.25, 0.3) is 5.57 Å². The lowest BCUT2D eigenvalue weighted by Crippen LogP contribution is -2.07. The third-order valence-electron chi connectivity index (χ3n) is 3.11. The summed E-state index contributed by atoms with van der Waals surface area (Å²) in [5.41, 5.74) is 2.31. The van der Waals surface area contributed by atoms with Gasteiger partial charge in [0.25, 0.3) is 0 Å². The second-order valence-electron chi connectivity index (χ2n) is 4.37. The Kier molecular flexibility index (Phi) is 4.31. The maximum Gasteiger partial charge on any atom is 0.195 e. The van der Waals surface area contributed by atoms with Crippen LogP contribution in [0, 0.1) is 0 Å². The second kappa shape index (κ2) is 6.37. The molecule has 0 aliphatic carbocycles. The largest absolute Gasteiger partial charge is 0.497 e. The van der Waals surface area contributed by atoms with Gasteiger partial charge in [0.1, 0.15) is 5.75 Å². The average molecular weight is 315 g/mol. The lowest BCUT2D eigenvalue weighted by Gasteiger charge is -2.20. The van der Waals surface area contributed by atoms with Crippen molar-refractivity contribution in [3.8, 4) is 5.75 Å². The van der Waals surface area contributed by atoms with Crippen molar-refractivity contribution in [2.75, 3.05) is 12.2 Å². The van der Waals surface area contributed by atoms with Crippen molar-refractivity contribution in [3.05, 3.63) is 64.2 Å². The number of ether oxygens (including phenoxy) is 1. The molecular formula is C16H13NO2S2. The van der Waals surface area contributed by atoms with Gasteiger partial charge < -0.3 is 4.74 Å². The molecule has 0 atom stereocenters. The minimum Gasteiger partial charge on any atom is -0.497 e. The molecule has 21 heavy (non-hydrogen) atoms. The van der Waals surface area contributed by atoms with Gasteiger partial charge in [0, 0.05) is 28.6 Å². The topological polar surface area (TPSA) is 39.2 Å². The van der Waals surface area contributed by atoms with Crippen LogP contribution in [0.5, 0.6) is 5.75 Å². The van der Waals surface area contributed by atoms with Gasteiger partial charge in [0.2, 0.25) is 0 Å². The molecule has 0 unspecified atom stereocenters. The molecule has 106 valence electrons. The molecule has 1 aliphatic heterocycles. The molecule has 1 aromatic carbocycles. The molecule has 0 bridgehead atoms. The van der Waals surface area contributed by atoms with Gasteiger partial charge in [-0.2, -0.15) is 0 Å². The van der Waals surface area contributed by atoms with Gasteiger partial charge in [-0.15, -0.1) is 23.5 Å². The lowest BCUT2D eigenvalue weighted by atomic mass is 9.99. The number of rotatable bonds is 4. The number of benzene rings is 1. The van der Waals surface area contributed by atoms with Crippen molar-refractivity contribution in [2.24, 2.45) is 0 Å². The molecule has 0 radical (unpaired) electrons. The summed E-state index contributed by atoms with van der Waals surface area (Å²) in [6.45, 7) is 0. The zero-order valence-electron chi connectivity index (χ0n) is 11.4. The Labute approximate surface area is 131 Å². The first kappa shape index (κ1) is 14.2. The van der Waals surface area contributed by atoms with Crippen LogP contribution in [0.3, 0.4) is 0 Å². The van der Waals surface area contributed by atoms with Crippen LogP contribution in [0.15, 0.2) is 53.0 Å². The number of pyridine rings is 1. The number of allylic oxidation sites excluding steroid dienone is 1. The summed E-state index contributed by atoms with van der Waals surface area (Å²) >= 11 is 3.42. The molecule has 3 rings (SSSR count). The van der Waals surface area contributed by atoms with Gasteiger partial charge in [-0.05, 0) is 29.8 Å². The molecule has 2 aromatic rings. The first-order valence-corrected chi connectivity index (χ1v) is 8.36. The van der Waals surface area contributed by atoms with Crippen molar-refractivity contribution < 1.29 is 9.53 Å². The number of carbonyl (C=O) groups excluding carboxylic acids is 1. The van der Waals surface area contributed by atoms with Crippen LogP contribution in [0.4, 0.5) is 0 Å². The van der Waals surface area contributed by atoms with E-state index in [9.17, 15) is 4.79 Å². The molecule has 0 amide bonds. The number of nitrogens with zero attached hydrogens (tertiary/aromatic N) is 1. The van der Waals surface area contributed by atoms with Crippen LogP contribution in [-0.2, 0) is 0 Å². The highest BCUT2D eigenvalue weighted by Gasteiger charge is 2.24. The van der Waals surface area contributed by atoms with E-state index < -0.39 is 0 Å². The van der Waals surface area contributed by atoms with Crippen molar-refractivity contribution in [3.63, 3.8) is 0 Å². The summed E-state index contributed by atoms with van der Waals surface area (Å²) in [5.74, 6) is 0.712. The van der Waals surface area contributed by atoms with Gasteiger partial charge in [-0.25, -0.2) is 0 Å². The third-order valence-corrected chi connectivity index (χ3v) is 5.69. The third kappa shape index (κ3) is 2.99. The first-order chi connectivity index (χ1) is 10.3. The molecule has 1 saturated heterocycles. The SMILES string of the molecule is COc1cccc(C(=O)C(=C2SCS2)c2ccncc2)c1. The van der Waals surface area contributed by atoms with E-state index >= 15 is 0 Å². The minimum absolute atomic E-state index is 0.0230. The number of ketones is 1. The zero-order valence-corrected chi connectivity index (χ0v) is 13.0. The molecule has 0 N–H and O–H groups in total. The van der Waals surface area contributed by atoms with Crippen molar-refractivity contribution in [1.82, 2.24) is 4.98 Å². The lowest BCUT2D eigenvalue weighted by molar-refractivity contribution is 0.105. The number of Topliss-reactive ketones (excluding diaryl/α,β-unsaturated/α-hetero) is 1. The zero-order chi connectivity index (χ0) is 14.7. The molecule has 1 aromatic heterocycles. The molecule has 0 spiro atoms. The number of aromatic nitrogens is 1. The minimum atomic E-state index is 0.0230. The quantitative estimate of drug-likeness (QED) is 0.628. The first-order valence-electron chi connectivity index (χ1n) is 6.38. The van der Waals surface area contributed by atoms with Gasteiger partial charge in [0.15, 0.2) is 5.78 Å². The molecule has 1 fully saturated rings. The van der Waals surface area contributed by atoms with E-state index in [0.717, 1.165) is 20.5 Å². The normalized spacial score (nSPS) is 13.5. The number of methoxy groups -OCH3 is 1. The highest BCUT2D eigenvalue weighted by Crippen LogP contribution is 2.48. The van der Waals surface area contributed by atoms with E-state index in [1.54, 1.807) is 49.1 Å². The van der Waals surface area contributed by atoms with E-state index in [2.05, 4.69) is 4.98 Å². The highest BCUT2D eigenvalue weighted by molar-refractivity contribution is 8.37. The van der Waals surface area contributed by atoms with Crippen LogP contribution in [-0.4, -0.2) is 23.0 Å². The van der Waals surface area contributed by atoms with Crippen LogP contribution in [0.1, 0.15) is 15.9 Å². The number of carbonyl (C=O) groups is 1. The van der Waals surface area contributed by atoms with E-state index in [1.165, 1.54) is 0 Å². The smallest absolute Gasteiger partial charge is 0.195 e. The van der Waals surface area contributed by atoms with Gasteiger partial charge in [-0.1, -0.05) is 12.1 Å². The summed E-state index contributed by atoms with van der Waals surface area (Å²) in [6.07, 6.45) is 3.42. The predicted octanol–water partition coefficient (Wildman–Crippen LogP) is 4.08. The van der Waals surface area contributed by atoms with Gasteiger partial charge in [-0.3, -0.25) is 9.78 Å². The fourth-order valence-electron chi connectivity index (χ4n) is 2.03. The Hall–Kier alpha value is -1.72. The summed E-state index contributed by atoms with van der Waals surface area (Å²) < 4.78 is 6.28. The Morgan fingerprint density at radius 3 is 2.52 bits per heavy atom.